The van der Waals surface area contributed by atoms with E-state index in [0.29, 0.717) is 0 Å². The average Bonchev–Trinajstić information content (AvgIpc) is 2.78. The summed E-state index contributed by atoms with van der Waals surface area (Å²) >= 11 is 0. The lowest BCUT2D eigenvalue weighted by Gasteiger charge is -2.06. The lowest BCUT2D eigenvalue weighted by atomic mass is 10.00. The zero-order chi connectivity index (χ0) is 14.3. The molecule has 0 unspecified atom stereocenters. The van der Waals surface area contributed by atoms with Crippen molar-refractivity contribution in [2.45, 2.75) is 20.8 Å². The molecule has 0 radical (unpaired) electrons. The molecule has 0 fully saturated rings. The largest absolute Gasteiger partial charge is 0.354 e. The smallest absolute Gasteiger partial charge is 0.152 e. The second kappa shape index (κ2) is 4.64. The van der Waals surface area contributed by atoms with E-state index in [2.05, 4.69) is 50.0 Å². The molecule has 0 bridgehead atoms. The molecule has 2 heteroatoms. The van der Waals surface area contributed by atoms with E-state index < -0.39 is 0 Å². The van der Waals surface area contributed by atoms with E-state index in [1.807, 2.05) is 12.1 Å². The number of rotatable bonds is 2. The molecule has 0 atom stereocenters. The van der Waals surface area contributed by atoms with Crippen molar-refractivity contribution in [3.05, 3.63) is 58.7 Å². The Morgan fingerprint density at radius 3 is 2.50 bits per heavy atom. The van der Waals surface area contributed by atoms with Crippen LogP contribution in [0.2, 0.25) is 0 Å². The molecular formula is C18H17NO. The monoisotopic (exact) mass is 263 g/mol. The molecule has 1 aromatic heterocycles. The number of hydrogen-bond acceptors (Lipinski definition) is 1. The van der Waals surface area contributed by atoms with Gasteiger partial charge in [-0.05, 0) is 31.9 Å². The fraction of sp³-hybridized carbons (Fsp3) is 0.167. The highest BCUT2D eigenvalue weighted by molar-refractivity contribution is 6.05. The number of nitrogens with one attached hydrogen (secondary N) is 1. The minimum absolute atomic E-state index is 0.746. The summed E-state index contributed by atoms with van der Waals surface area (Å²) in [7, 11) is 0. The highest BCUT2D eigenvalue weighted by atomic mass is 16.1. The van der Waals surface area contributed by atoms with Crippen molar-refractivity contribution in [3.63, 3.8) is 0 Å². The van der Waals surface area contributed by atoms with Crippen LogP contribution in [0.4, 0.5) is 0 Å². The van der Waals surface area contributed by atoms with Crippen LogP contribution in [0, 0.1) is 20.8 Å². The number of H-pyrrole nitrogens is 1. The zero-order valence-electron chi connectivity index (χ0n) is 11.9. The third kappa shape index (κ3) is 1.85. The van der Waals surface area contributed by atoms with Crippen molar-refractivity contribution in [2.24, 2.45) is 0 Å². The third-order valence-electron chi connectivity index (χ3n) is 3.85. The van der Waals surface area contributed by atoms with Gasteiger partial charge >= 0.3 is 0 Å². The summed E-state index contributed by atoms with van der Waals surface area (Å²) in [6, 6.07) is 12.3. The van der Waals surface area contributed by atoms with Crippen LogP contribution in [0.15, 0.2) is 36.4 Å². The quantitative estimate of drug-likeness (QED) is 0.675. The van der Waals surface area contributed by atoms with Crippen molar-refractivity contribution in [3.8, 4) is 11.3 Å². The number of benzene rings is 2. The van der Waals surface area contributed by atoms with Gasteiger partial charge in [-0.1, -0.05) is 42.0 Å². The maximum atomic E-state index is 11.5. The van der Waals surface area contributed by atoms with Gasteiger partial charge in [-0.2, -0.15) is 0 Å². The molecule has 0 saturated carbocycles. The molecule has 0 spiro atoms. The average molecular weight is 263 g/mol. The number of aldehydes is 1. The Balaban J connectivity index is 2.36. The molecule has 0 aliphatic rings. The molecule has 3 rings (SSSR count). The van der Waals surface area contributed by atoms with Gasteiger partial charge in [0.05, 0.1) is 5.69 Å². The summed E-state index contributed by atoms with van der Waals surface area (Å²) in [6.45, 7) is 6.21. The van der Waals surface area contributed by atoms with E-state index in [4.69, 9.17) is 0 Å². The van der Waals surface area contributed by atoms with Crippen molar-refractivity contribution in [1.29, 1.82) is 0 Å². The van der Waals surface area contributed by atoms with Crippen LogP contribution >= 0.6 is 0 Å². The lowest BCUT2D eigenvalue weighted by molar-refractivity contribution is 0.112. The molecule has 1 N–H and O–H groups in total. The van der Waals surface area contributed by atoms with Gasteiger partial charge in [-0.3, -0.25) is 4.79 Å². The van der Waals surface area contributed by atoms with Gasteiger partial charge in [0.2, 0.25) is 0 Å². The SMILES string of the molecule is Cc1ccc(-c2[nH]c3c(C)cccc3c2C=O)c(C)c1. The molecular weight excluding hydrogens is 246 g/mol. The van der Waals surface area contributed by atoms with Crippen molar-refractivity contribution < 1.29 is 4.79 Å². The van der Waals surface area contributed by atoms with Gasteiger partial charge in [0, 0.05) is 22.0 Å². The molecule has 100 valence electrons. The van der Waals surface area contributed by atoms with Gasteiger partial charge < -0.3 is 4.98 Å². The Kier molecular flexibility index (Phi) is 2.94. The second-order valence-corrected chi connectivity index (χ2v) is 5.35. The molecule has 1 heterocycles. The number of carbonyl (C=O) groups is 1. The normalized spacial score (nSPS) is 10.9. The van der Waals surface area contributed by atoms with Gasteiger partial charge in [0.1, 0.15) is 0 Å². The van der Waals surface area contributed by atoms with Crippen LogP contribution in [0.5, 0.6) is 0 Å². The number of fused-ring (bicyclic) bond motifs is 1. The maximum Gasteiger partial charge on any atom is 0.152 e. The summed E-state index contributed by atoms with van der Waals surface area (Å²) in [5.74, 6) is 0. The number of hydrogen-bond donors (Lipinski definition) is 1. The first-order valence-electron chi connectivity index (χ1n) is 6.76. The molecule has 20 heavy (non-hydrogen) atoms. The molecule has 0 amide bonds. The van der Waals surface area contributed by atoms with Crippen LogP contribution in [0.25, 0.3) is 22.2 Å². The summed E-state index contributed by atoms with van der Waals surface area (Å²) in [5.41, 5.74) is 7.36. The van der Waals surface area contributed by atoms with Crippen LogP contribution in [-0.2, 0) is 0 Å². The highest BCUT2D eigenvalue weighted by Gasteiger charge is 2.14. The van der Waals surface area contributed by atoms with Crippen molar-refractivity contribution in [1.82, 2.24) is 4.98 Å². The summed E-state index contributed by atoms with van der Waals surface area (Å²) in [5, 5.41) is 0.995. The Labute approximate surface area is 118 Å². The van der Waals surface area contributed by atoms with E-state index in [9.17, 15) is 4.79 Å². The van der Waals surface area contributed by atoms with Crippen LogP contribution in [0.3, 0.4) is 0 Å². The standard InChI is InChI=1S/C18H17NO/c1-11-7-8-14(13(3)9-11)18-16(10-20)15-6-4-5-12(2)17(15)19-18/h4-10,19H,1-3H3. The highest BCUT2D eigenvalue weighted by Crippen LogP contribution is 2.32. The van der Waals surface area contributed by atoms with Gasteiger partial charge in [-0.25, -0.2) is 0 Å². The van der Waals surface area contributed by atoms with Crippen LogP contribution < -0.4 is 0 Å². The van der Waals surface area contributed by atoms with E-state index in [-0.39, 0.29) is 0 Å². The third-order valence-corrected chi connectivity index (χ3v) is 3.85. The van der Waals surface area contributed by atoms with E-state index in [0.717, 1.165) is 39.6 Å². The molecule has 0 aliphatic heterocycles. The van der Waals surface area contributed by atoms with Gasteiger partial charge in [-0.15, -0.1) is 0 Å². The Morgan fingerprint density at radius 1 is 1.00 bits per heavy atom. The first kappa shape index (κ1) is 12.7. The lowest BCUT2D eigenvalue weighted by Crippen LogP contribution is -1.89. The fourth-order valence-corrected chi connectivity index (χ4v) is 2.81. The van der Waals surface area contributed by atoms with Gasteiger partial charge in [0.25, 0.3) is 0 Å². The first-order chi connectivity index (χ1) is 9.61. The molecule has 0 saturated heterocycles. The second-order valence-electron chi connectivity index (χ2n) is 5.35. The number of aromatic amines is 1. The maximum absolute atomic E-state index is 11.5. The van der Waals surface area contributed by atoms with Gasteiger partial charge in [0.15, 0.2) is 6.29 Å². The summed E-state index contributed by atoms with van der Waals surface area (Å²) in [6.07, 6.45) is 0.951. The minimum Gasteiger partial charge on any atom is -0.354 e. The molecule has 2 nitrogen and oxygen atoms in total. The number of aromatic nitrogens is 1. The van der Waals surface area contributed by atoms with E-state index in [1.165, 1.54) is 11.1 Å². The Bertz CT molecular complexity index is 812. The van der Waals surface area contributed by atoms with Crippen molar-refractivity contribution in [2.75, 3.05) is 0 Å². The zero-order valence-corrected chi connectivity index (χ0v) is 11.9. The van der Waals surface area contributed by atoms with Crippen LogP contribution in [-0.4, -0.2) is 11.3 Å². The number of aryl methyl sites for hydroxylation is 3. The first-order valence-corrected chi connectivity index (χ1v) is 6.76. The van der Waals surface area contributed by atoms with E-state index >= 15 is 0 Å². The molecule has 2 aromatic carbocycles. The fourth-order valence-electron chi connectivity index (χ4n) is 2.81. The predicted molar refractivity (Wildman–Crippen MR) is 83.3 cm³/mol. The van der Waals surface area contributed by atoms with E-state index in [1.54, 1.807) is 0 Å². The molecule has 3 aromatic rings. The van der Waals surface area contributed by atoms with Crippen molar-refractivity contribution >= 4 is 17.2 Å². The topological polar surface area (TPSA) is 32.9 Å². The minimum atomic E-state index is 0.746. The van der Waals surface area contributed by atoms with Crippen LogP contribution in [0.1, 0.15) is 27.0 Å². The number of carbonyl (C=O) groups excluding carboxylic acids is 1. The summed E-state index contributed by atoms with van der Waals surface area (Å²) < 4.78 is 0. The predicted octanol–water partition coefficient (Wildman–Crippen LogP) is 4.57. The Hall–Kier alpha value is -2.35. The summed E-state index contributed by atoms with van der Waals surface area (Å²) in [4.78, 5) is 15.0. The number of para-hydroxylation sites is 1. The molecule has 0 aliphatic carbocycles. The Morgan fingerprint density at radius 2 is 1.80 bits per heavy atom.